The monoisotopic (exact) mass is 972 g/mol. The van der Waals surface area contributed by atoms with Crippen LogP contribution in [0.25, 0.3) is 0 Å². The van der Waals surface area contributed by atoms with Gasteiger partial charge in [0.05, 0.1) is 36.9 Å². The zero-order valence-corrected chi connectivity index (χ0v) is 40.0. The van der Waals surface area contributed by atoms with Crippen LogP contribution in [0, 0.1) is 56.7 Å². The molecule has 0 aromatic heterocycles. The van der Waals surface area contributed by atoms with Gasteiger partial charge < -0.3 is 89.7 Å². The van der Waals surface area contributed by atoms with Gasteiger partial charge in [0, 0.05) is 5.41 Å². The van der Waals surface area contributed by atoms with Crippen LogP contribution in [-0.4, -0.2) is 191 Å². The highest BCUT2D eigenvalue weighted by molar-refractivity contribution is 5.79. The summed E-state index contributed by atoms with van der Waals surface area (Å²) in [6.07, 6.45) is -21.7. The molecule has 3 saturated heterocycles. The Labute approximate surface area is 396 Å². The van der Waals surface area contributed by atoms with Gasteiger partial charge in [0.15, 0.2) is 18.7 Å². The molecule has 27 atom stereocenters. The number of esters is 1. The molecule has 0 radical (unpaired) electrons. The lowest BCUT2D eigenvalue weighted by atomic mass is 9.33. The maximum Gasteiger partial charge on any atom is 0.335 e. The van der Waals surface area contributed by atoms with E-state index in [0.29, 0.717) is 32.1 Å². The van der Waals surface area contributed by atoms with E-state index in [-0.39, 0.29) is 47.0 Å². The first-order valence-electron chi connectivity index (χ1n) is 24.5. The highest BCUT2D eigenvalue weighted by Gasteiger charge is 2.71. The second kappa shape index (κ2) is 18.5. The fourth-order valence-electron chi connectivity index (χ4n) is 15.2. The van der Waals surface area contributed by atoms with Crippen molar-refractivity contribution in [2.45, 2.75) is 204 Å². The van der Waals surface area contributed by atoms with Crippen LogP contribution < -0.4 is 0 Å². The molecule has 20 nitrogen and oxygen atoms in total. The maximum atomic E-state index is 15.0. The molecule has 388 valence electrons. The second-order valence-electron chi connectivity index (χ2n) is 23.0. The average Bonchev–Trinajstić information content (AvgIpc) is 3.29. The number of carbonyl (C=O) groups excluding carboxylic acids is 1. The summed E-state index contributed by atoms with van der Waals surface area (Å²) >= 11 is 0. The molecule has 0 amide bonds. The number of rotatable bonds is 9. The summed E-state index contributed by atoms with van der Waals surface area (Å²) in [6, 6.07) is 0. The van der Waals surface area contributed by atoms with Gasteiger partial charge >= 0.3 is 11.9 Å². The van der Waals surface area contributed by atoms with E-state index in [1.165, 1.54) is 12.5 Å². The van der Waals surface area contributed by atoms with Crippen molar-refractivity contribution in [3.63, 3.8) is 0 Å². The van der Waals surface area contributed by atoms with Crippen LogP contribution in [0.2, 0.25) is 0 Å². The molecule has 0 aromatic carbocycles. The molecule has 12 N–H and O–H groups in total. The molecule has 4 saturated carbocycles. The molecule has 68 heavy (non-hydrogen) atoms. The van der Waals surface area contributed by atoms with Gasteiger partial charge in [-0.15, -0.1) is 0 Å². The number of fused-ring (bicyclic) bond motifs is 7. The lowest BCUT2D eigenvalue weighted by molar-refractivity contribution is -0.356. The zero-order valence-electron chi connectivity index (χ0n) is 40.0. The molecule has 0 unspecified atom stereocenters. The quantitative estimate of drug-likeness (QED) is 0.0980. The number of aliphatic hydroxyl groups excluding tert-OH is 11. The first-order chi connectivity index (χ1) is 31.7. The Morgan fingerprint density at radius 2 is 1.37 bits per heavy atom. The van der Waals surface area contributed by atoms with Crippen LogP contribution in [0.5, 0.6) is 0 Å². The van der Waals surface area contributed by atoms with Crippen LogP contribution in [0.4, 0.5) is 0 Å². The predicted molar refractivity (Wildman–Crippen MR) is 232 cm³/mol. The van der Waals surface area contributed by atoms with E-state index in [0.717, 1.165) is 19.3 Å². The third-order valence-electron chi connectivity index (χ3n) is 19.7. The van der Waals surface area contributed by atoms with E-state index in [4.69, 9.17) is 28.4 Å². The van der Waals surface area contributed by atoms with E-state index in [1.54, 1.807) is 0 Å². The van der Waals surface area contributed by atoms with Crippen molar-refractivity contribution in [1.29, 1.82) is 0 Å². The van der Waals surface area contributed by atoms with Crippen LogP contribution in [-0.2, 0) is 38.0 Å². The standard InChI is InChI=1S/C48H76O20/c1-19-10-13-48(15-14-46(6)22(27(48)20(19)2)8-9-26-44(4)16-23(50)38(59)45(5,18-49)25(44)11-12-47(26,46)7)43(62)68-42-34(57)31(54)29(52)24(65-42)17-63-40-35(58)32(55)36(37(67-40)39(60)61)66-41-33(56)30(53)28(51)21(3)64-41/h8,19-21,23-38,40-42,49-59H,9-18H2,1-7H3,(H,60,61)/t19-,20+,21+,23-,24-,25-,26-,27+,28+,29-,30-,31+,32-,33-,34-,35-,36+,37+,38+,40-,41+,42+,44+,45+,46-,47-,48+/m1/s1. The molecular weight excluding hydrogens is 897 g/mol. The summed E-state index contributed by atoms with van der Waals surface area (Å²) in [5, 5.41) is 129. The van der Waals surface area contributed by atoms with Crippen molar-refractivity contribution in [3.8, 4) is 0 Å². The summed E-state index contributed by atoms with van der Waals surface area (Å²) in [5.74, 6) is -2.22. The fraction of sp³-hybridized carbons (Fsp3) is 0.917. The molecule has 7 fully saturated rings. The van der Waals surface area contributed by atoms with Crippen molar-refractivity contribution in [2.75, 3.05) is 13.2 Å². The Hall–Kier alpha value is -1.96. The van der Waals surface area contributed by atoms with Gasteiger partial charge in [0.1, 0.15) is 61.0 Å². The van der Waals surface area contributed by atoms with Crippen LogP contribution in [0.1, 0.15) is 99.8 Å². The van der Waals surface area contributed by atoms with Crippen LogP contribution >= 0.6 is 0 Å². The summed E-state index contributed by atoms with van der Waals surface area (Å²) in [4.78, 5) is 27.4. The average molecular weight is 973 g/mol. The van der Waals surface area contributed by atoms with E-state index >= 15 is 4.79 Å². The number of carboxylic acids is 1. The molecule has 0 bridgehead atoms. The molecule has 5 aliphatic carbocycles. The van der Waals surface area contributed by atoms with Crippen molar-refractivity contribution in [3.05, 3.63) is 11.6 Å². The SMILES string of the molecule is C[C@H]1[C@H](C)CC[C@]2(C(=O)O[C@@H]3O[C@H](CO[C@@H]4O[C@H](C(=O)O)[C@@H](O[C@@H]5O[C@@H](C)[C@H](O)[C@@H](O)[C@H]5O)[C@H](O)[C@H]4O)[C@@H](O)[C@H](O)[C@H]3O)CC[C@]3(C)C(=CC[C@@H]4[C@@]5(C)C[C@@H](O)[C@H](O)[C@@](C)(CO)[C@@H]5CC[C@]43C)[C@H]12. The van der Waals surface area contributed by atoms with Crippen molar-refractivity contribution < 1.29 is 99.3 Å². The number of aliphatic hydroxyl groups is 11. The lowest BCUT2D eigenvalue weighted by Gasteiger charge is -2.71. The Kier molecular flexibility index (Phi) is 14.3. The van der Waals surface area contributed by atoms with E-state index < -0.39 is 139 Å². The summed E-state index contributed by atoms with van der Waals surface area (Å²) in [5.41, 5.74) is -1.77. The lowest BCUT2D eigenvalue weighted by Crippen LogP contribution is -2.68. The molecular formula is C48H76O20. The topological polar surface area (TPSA) is 332 Å². The van der Waals surface area contributed by atoms with E-state index in [1.807, 2.05) is 6.92 Å². The van der Waals surface area contributed by atoms with E-state index in [2.05, 4.69) is 40.7 Å². The normalized spacial score (nSPS) is 55.9. The molecule has 3 heterocycles. The summed E-state index contributed by atoms with van der Waals surface area (Å²) < 4.78 is 34.1. The highest BCUT2D eigenvalue weighted by Crippen LogP contribution is 2.76. The molecule has 0 aromatic rings. The Morgan fingerprint density at radius 3 is 2.03 bits per heavy atom. The van der Waals surface area contributed by atoms with Crippen molar-refractivity contribution >= 4 is 11.9 Å². The third kappa shape index (κ3) is 7.85. The number of carbonyl (C=O) groups is 2. The first kappa shape index (κ1) is 52.4. The molecule has 3 aliphatic heterocycles. The van der Waals surface area contributed by atoms with Gasteiger partial charge in [-0.05, 0) is 104 Å². The van der Waals surface area contributed by atoms with Crippen LogP contribution in [0.15, 0.2) is 11.6 Å². The van der Waals surface area contributed by atoms with Crippen LogP contribution in [0.3, 0.4) is 0 Å². The molecule has 8 rings (SSSR count). The number of ether oxygens (including phenoxy) is 6. The predicted octanol–water partition coefficient (Wildman–Crippen LogP) is -0.940. The smallest absolute Gasteiger partial charge is 0.335 e. The Balaban J connectivity index is 0.992. The number of hydrogen-bond acceptors (Lipinski definition) is 19. The second-order valence-corrected chi connectivity index (χ2v) is 23.0. The number of carboxylic acid groups (broad SMARTS) is 1. The maximum absolute atomic E-state index is 15.0. The Morgan fingerprint density at radius 1 is 0.721 bits per heavy atom. The number of hydrogen-bond donors (Lipinski definition) is 12. The van der Waals surface area contributed by atoms with Gasteiger partial charge in [-0.1, -0.05) is 53.2 Å². The van der Waals surface area contributed by atoms with Gasteiger partial charge in [0.25, 0.3) is 0 Å². The van der Waals surface area contributed by atoms with Crippen molar-refractivity contribution in [2.24, 2.45) is 56.7 Å². The zero-order chi connectivity index (χ0) is 50.0. The Bertz CT molecular complexity index is 1910. The van der Waals surface area contributed by atoms with Gasteiger partial charge in [-0.3, -0.25) is 4.79 Å². The largest absolute Gasteiger partial charge is 0.479 e. The van der Waals surface area contributed by atoms with E-state index in [9.17, 15) is 66.1 Å². The number of aliphatic carboxylic acids is 1. The van der Waals surface area contributed by atoms with Gasteiger partial charge in [-0.2, -0.15) is 0 Å². The summed E-state index contributed by atoms with van der Waals surface area (Å²) in [7, 11) is 0. The summed E-state index contributed by atoms with van der Waals surface area (Å²) in [6.45, 7) is 13.5. The minimum absolute atomic E-state index is 0.0259. The fourth-order valence-corrected chi connectivity index (χ4v) is 15.2. The molecule has 0 spiro atoms. The van der Waals surface area contributed by atoms with Gasteiger partial charge in [-0.25, -0.2) is 4.79 Å². The minimum Gasteiger partial charge on any atom is -0.479 e. The highest BCUT2D eigenvalue weighted by atomic mass is 16.8. The minimum atomic E-state index is -2.06. The molecule has 8 aliphatic rings. The number of allylic oxidation sites excluding steroid dienone is 2. The van der Waals surface area contributed by atoms with Gasteiger partial charge in [0.2, 0.25) is 6.29 Å². The molecule has 20 heteroatoms. The van der Waals surface area contributed by atoms with Crippen molar-refractivity contribution in [1.82, 2.24) is 0 Å². The third-order valence-corrected chi connectivity index (χ3v) is 19.7. The first-order valence-corrected chi connectivity index (χ1v) is 24.5.